The van der Waals surface area contributed by atoms with E-state index < -0.39 is 0 Å². The van der Waals surface area contributed by atoms with Crippen LogP contribution in [0.4, 0.5) is 0 Å². The first-order chi connectivity index (χ1) is 19.6. The van der Waals surface area contributed by atoms with E-state index in [9.17, 15) is 4.79 Å². The Morgan fingerprint density at radius 1 is 0.950 bits per heavy atom. The maximum atomic E-state index is 14.0. The van der Waals surface area contributed by atoms with Crippen LogP contribution in [-0.2, 0) is 19.4 Å². The third kappa shape index (κ3) is 5.33. The molecule has 6 rings (SSSR count). The summed E-state index contributed by atoms with van der Waals surface area (Å²) in [7, 11) is 0. The number of aromatic nitrogens is 6. The molecule has 0 unspecified atom stereocenters. The summed E-state index contributed by atoms with van der Waals surface area (Å²) in [5, 5.41) is 15.8. The summed E-state index contributed by atoms with van der Waals surface area (Å²) in [5.74, 6) is 1.36. The van der Waals surface area contributed by atoms with Gasteiger partial charge in [0, 0.05) is 0 Å². The van der Waals surface area contributed by atoms with E-state index in [1.165, 1.54) is 14.1 Å². The summed E-state index contributed by atoms with van der Waals surface area (Å²) in [6.45, 7) is 4.73. The topological polar surface area (TPSA) is 89.4 Å². The van der Waals surface area contributed by atoms with E-state index in [-0.39, 0.29) is 20.1 Å². The van der Waals surface area contributed by atoms with Crippen molar-refractivity contribution in [3.63, 3.8) is 0 Å². The molecular formula is C32H30N6OSe. The van der Waals surface area contributed by atoms with Gasteiger partial charge in [-0.2, -0.15) is 5.21 Å². The minimum absolute atomic E-state index is 0.0813. The van der Waals surface area contributed by atoms with Crippen molar-refractivity contribution in [1.29, 1.82) is 0 Å². The van der Waals surface area contributed by atoms with Crippen LogP contribution in [0.2, 0.25) is 0 Å². The number of fused-ring (bicyclic) bond motifs is 1. The Labute approximate surface area is 238 Å². The molecule has 0 saturated carbocycles. The van der Waals surface area contributed by atoms with E-state index in [4.69, 9.17) is 4.98 Å². The Balaban J connectivity index is 1.33. The molecule has 200 valence electrons. The molecular weight excluding hydrogens is 563 g/mol. The minimum atomic E-state index is 0.0813. The fourth-order valence-electron chi connectivity index (χ4n) is 5.15. The second-order valence-corrected chi connectivity index (χ2v) is 12.4. The van der Waals surface area contributed by atoms with Crippen LogP contribution in [0.25, 0.3) is 32.2 Å². The van der Waals surface area contributed by atoms with Crippen LogP contribution < -0.4 is 5.56 Å². The molecule has 0 fully saturated rings. The second kappa shape index (κ2) is 11.5. The SMILES string of the molecule is CCCCc1nc(C)n(Cc2cc3ccccc3[se]2)c(=O)c1Cc1ccc(-c2ccccc2-c2nn[nH]n2)cc1. The van der Waals surface area contributed by atoms with E-state index in [0.29, 0.717) is 18.8 Å². The van der Waals surface area contributed by atoms with Crippen molar-refractivity contribution in [2.24, 2.45) is 0 Å². The van der Waals surface area contributed by atoms with Gasteiger partial charge in [0.2, 0.25) is 5.82 Å². The molecule has 0 aliphatic carbocycles. The van der Waals surface area contributed by atoms with E-state index in [2.05, 4.69) is 88.2 Å². The third-order valence-corrected chi connectivity index (χ3v) is 9.57. The monoisotopic (exact) mass is 594 g/mol. The number of benzene rings is 3. The van der Waals surface area contributed by atoms with E-state index in [1.54, 1.807) is 0 Å². The van der Waals surface area contributed by atoms with Crippen molar-refractivity contribution >= 4 is 24.1 Å². The molecule has 0 aliphatic rings. The molecule has 8 heteroatoms. The predicted molar refractivity (Wildman–Crippen MR) is 160 cm³/mol. The molecule has 0 radical (unpaired) electrons. The average molecular weight is 594 g/mol. The summed E-state index contributed by atoms with van der Waals surface area (Å²) in [6.07, 6.45) is 3.45. The number of aryl methyl sites for hydroxylation is 2. The van der Waals surface area contributed by atoms with Crippen LogP contribution in [-0.4, -0.2) is 44.7 Å². The number of nitrogens with one attached hydrogen (secondary N) is 1. The van der Waals surface area contributed by atoms with Gasteiger partial charge in [0.1, 0.15) is 0 Å². The van der Waals surface area contributed by atoms with Gasteiger partial charge < -0.3 is 0 Å². The zero-order valence-electron chi connectivity index (χ0n) is 22.6. The molecule has 0 amide bonds. The van der Waals surface area contributed by atoms with Gasteiger partial charge in [-0.1, -0.05) is 18.2 Å². The molecule has 6 aromatic rings. The van der Waals surface area contributed by atoms with Crippen molar-refractivity contribution < 1.29 is 0 Å². The van der Waals surface area contributed by atoms with Crippen LogP contribution in [0.1, 0.15) is 46.8 Å². The Bertz CT molecular complexity index is 1790. The van der Waals surface area contributed by atoms with E-state index >= 15 is 0 Å². The van der Waals surface area contributed by atoms with Crippen molar-refractivity contribution in [3.8, 4) is 22.5 Å². The van der Waals surface area contributed by atoms with Gasteiger partial charge in [0.15, 0.2) is 0 Å². The first-order valence-corrected chi connectivity index (χ1v) is 15.3. The maximum absolute atomic E-state index is 14.0. The van der Waals surface area contributed by atoms with Crippen LogP contribution in [0, 0.1) is 6.92 Å². The number of rotatable bonds is 9. The number of tetrazole rings is 1. The summed E-state index contributed by atoms with van der Waals surface area (Å²) < 4.78 is 4.56. The summed E-state index contributed by atoms with van der Waals surface area (Å²) in [5.41, 5.74) is 5.92. The van der Waals surface area contributed by atoms with Crippen molar-refractivity contribution in [2.75, 3.05) is 0 Å². The molecule has 40 heavy (non-hydrogen) atoms. The Kier molecular flexibility index (Phi) is 7.53. The van der Waals surface area contributed by atoms with Gasteiger partial charge in [-0.25, -0.2) is 0 Å². The van der Waals surface area contributed by atoms with Gasteiger partial charge >= 0.3 is 195 Å². The quantitative estimate of drug-likeness (QED) is 0.221. The van der Waals surface area contributed by atoms with Crippen LogP contribution >= 0.6 is 0 Å². The number of unbranched alkanes of at least 4 members (excludes halogenated alkanes) is 1. The van der Waals surface area contributed by atoms with Crippen molar-refractivity contribution in [2.45, 2.75) is 46.1 Å². The number of H-pyrrole nitrogens is 1. The first kappa shape index (κ1) is 26.1. The van der Waals surface area contributed by atoms with Gasteiger partial charge in [0.25, 0.3) is 0 Å². The third-order valence-electron chi connectivity index (χ3n) is 7.26. The fraction of sp³-hybridized carbons (Fsp3) is 0.219. The zero-order chi connectivity index (χ0) is 27.5. The van der Waals surface area contributed by atoms with Crippen LogP contribution in [0.15, 0.2) is 83.7 Å². The Morgan fingerprint density at radius 3 is 2.48 bits per heavy atom. The summed E-state index contributed by atoms with van der Waals surface area (Å²) in [4.78, 5) is 19.0. The summed E-state index contributed by atoms with van der Waals surface area (Å²) >= 11 is 0.233. The molecule has 0 saturated heterocycles. The van der Waals surface area contributed by atoms with E-state index in [1.807, 2.05) is 29.7 Å². The van der Waals surface area contributed by atoms with Crippen molar-refractivity contribution in [1.82, 2.24) is 30.2 Å². The number of hydrogen-bond donors (Lipinski definition) is 1. The Hall–Kier alpha value is -4.13. The summed E-state index contributed by atoms with van der Waals surface area (Å²) in [6, 6.07) is 27.2. The molecule has 3 heterocycles. The molecule has 0 spiro atoms. The number of nitrogens with zero attached hydrogens (tertiary/aromatic N) is 5. The molecule has 3 aromatic heterocycles. The van der Waals surface area contributed by atoms with Gasteiger partial charge in [-0.05, 0) is 5.21 Å². The number of hydrogen-bond acceptors (Lipinski definition) is 5. The van der Waals surface area contributed by atoms with Crippen LogP contribution in [0.5, 0.6) is 0 Å². The van der Waals surface area contributed by atoms with Crippen molar-refractivity contribution in [3.05, 3.63) is 116 Å². The van der Waals surface area contributed by atoms with Gasteiger partial charge in [-0.15, -0.1) is 10.2 Å². The predicted octanol–water partition coefficient (Wildman–Crippen LogP) is 5.59. The van der Waals surface area contributed by atoms with Gasteiger partial charge in [-0.3, -0.25) is 0 Å². The zero-order valence-corrected chi connectivity index (χ0v) is 24.3. The molecule has 0 atom stereocenters. The molecule has 0 bridgehead atoms. The first-order valence-electron chi connectivity index (χ1n) is 13.6. The molecule has 0 aliphatic heterocycles. The van der Waals surface area contributed by atoms with Gasteiger partial charge in [0.05, 0.1) is 0 Å². The molecule has 3 aromatic carbocycles. The average Bonchev–Trinajstić information content (AvgIpc) is 3.66. The number of aromatic amines is 1. The van der Waals surface area contributed by atoms with E-state index in [0.717, 1.165) is 58.6 Å². The fourth-order valence-corrected chi connectivity index (χ4v) is 7.36. The normalized spacial score (nSPS) is 11.3. The second-order valence-electron chi connectivity index (χ2n) is 9.98. The molecule has 7 nitrogen and oxygen atoms in total. The molecule has 1 N–H and O–H groups in total. The van der Waals surface area contributed by atoms with Crippen LogP contribution in [0.3, 0.4) is 0 Å². The standard InChI is InChI=1S/C32H30N6OSe/c1-3-4-12-29-28(32(39)38(21(2)33-29)20-25-19-24-9-5-8-13-30(24)40-25)18-22-14-16-23(17-15-22)26-10-6-7-11-27(26)31-34-36-37-35-31/h5-11,13-17,19H,3-4,12,18,20H2,1-2H3,(H,34,35,36,37). The Morgan fingerprint density at radius 2 is 1.73 bits per heavy atom.